The number of thioether (sulfide) groups is 1. The Hall–Kier alpha value is -2.58. The van der Waals surface area contributed by atoms with Gasteiger partial charge in [-0.1, -0.05) is 29.4 Å². The average molecular weight is 375 g/mol. The van der Waals surface area contributed by atoms with Gasteiger partial charge in [0, 0.05) is 28.7 Å². The Bertz CT molecular complexity index is 899. The third kappa shape index (κ3) is 4.09. The van der Waals surface area contributed by atoms with Crippen molar-refractivity contribution in [1.29, 1.82) is 0 Å². The molecule has 0 aliphatic rings. The van der Waals surface area contributed by atoms with Gasteiger partial charge in [-0.15, -0.1) is 10.2 Å². The van der Waals surface area contributed by atoms with Crippen LogP contribution in [0.5, 0.6) is 0 Å². The van der Waals surface area contributed by atoms with Gasteiger partial charge in [-0.2, -0.15) is 0 Å². The monoisotopic (exact) mass is 374 g/mol. The molecule has 7 nitrogen and oxygen atoms in total. The van der Waals surface area contributed by atoms with Crippen molar-refractivity contribution in [3.8, 4) is 11.4 Å². The zero-order chi connectivity index (χ0) is 17.8. The maximum Gasteiger partial charge on any atom is 0.234 e. The number of hydrogen-bond acceptors (Lipinski definition) is 6. The van der Waals surface area contributed by atoms with Gasteiger partial charge in [0.2, 0.25) is 11.1 Å². The molecule has 2 aromatic heterocycles. The van der Waals surface area contributed by atoms with E-state index in [0.717, 1.165) is 11.1 Å². The molecule has 1 aromatic carbocycles. The van der Waals surface area contributed by atoms with Gasteiger partial charge in [0.1, 0.15) is 0 Å². The number of hydrogen-bond donors (Lipinski definition) is 2. The van der Waals surface area contributed by atoms with Gasteiger partial charge in [0.15, 0.2) is 5.82 Å². The van der Waals surface area contributed by atoms with Crippen LogP contribution in [-0.4, -0.2) is 31.5 Å². The van der Waals surface area contributed by atoms with Crippen molar-refractivity contribution in [1.82, 2.24) is 19.9 Å². The predicted molar refractivity (Wildman–Crippen MR) is 98.9 cm³/mol. The standard InChI is InChI=1S/C16H15ClN6OS/c1-10-4-5-12(17)7-13(10)20-14(24)9-25-16-22-21-15(23(16)18)11-3-2-6-19-8-11/h2-8H,9,18H2,1H3,(H,20,24). The Labute approximate surface area is 153 Å². The third-order valence-electron chi connectivity index (χ3n) is 3.39. The smallest absolute Gasteiger partial charge is 0.234 e. The van der Waals surface area contributed by atoms with Crippen molar-refractivity contribution in [2.24, 2.45) is 0 Å². The number of carbonyl (C=O) groups is 1. The molecule has 128 valence electrons. The molecule has 0 radical (unpaired) electrons. The molecule has 0 saturated carbocycles. The molecular formula is C16H15ClN6OS. The highest BCUT2D eigenvalue weighted by Gasteiger charge is 2.14. The van der Waals surface area contributed by atoms with Crippen LogP contribution in [0, 0.1) is 6.92 Å². The minimum Gasteiger partial charge on any atom is -0.335 e. The minimum absolute atomic E-state index is 0.147. The topological polar surface area (TPSA) is 98.7 Å². The van der Waals surface area contributed by atoms with Crippen molar-refractivity contribution < 1.29 is 4.79 Å². The van der Waals surface area contributed by atoms with Crippen molar-refractivity contribution in [2.45, 2.75) is 12.1 Å². The quantitative estimate of drug-likeness (QED) is 0.526. The number of benzene rings is 1. The number of anilines is 1. The number of halogens is 1. The second kappa shape index (κ2) is 7.54. The van der Waals surface area contributed by atoms with Gasteiger partial charge in [-0.25, -0.2) is 4.68 Å². The Balaban J connectivity index is 1.65. The van der Waals surface area contributed by atoms with Crippen molar-refractivity contribution >= 4 is 35.0 Å². The Morgan fingerprint density at radius 3 is 2.96 bits per heavy atom. The minimum atomic E-state index is -0.179. The molecule has 3 aromatic rings. The van der Waals surface area contributed by atoms with Crippen molar-refractivity contribution in [3.05, 3.63) is 53.3 Å². The van der Waals surface area contributed by atoms with E-state index in [4.69, 9.17) is 17.4 Å². The molecule has 3 rings (SSSR count). The molecular weight excluding hydrogens is 360 g/mol. The molecule has 3 N–H and O–H groups in total. The van der Waals surface area contributed by atoms with E-state index in [9.17, 15) is 4.79 Å². The van der Waals surface area contributed by atoms with E-state index in [2.05, 4.69) is 20.5 Å². The van der Waals surface area contributed by atoms with Crippen LogP contribution in [0.3, 0.4) is 0 Å². The highest BCUT2D eigenvalue weighted by Crippen LogP contribution is 2.23. The lowest BCUT2D eigenvalue weighted by molar-refractivity contribution is -0.113. The number of carbonyl (C=O) groups excluding carboxylic acids is 1. The van der Waals surface area contributed by atoms with E-state index < -0.39 is 0 Å². The molecule has 0 spiro atoms. The number of nitrogen functional groups attached to an aromatic ring is 1. The van der Waals surface area contributed by atoms with Crippen molar-refractivity contribution in [3.63, 3.8) is 0 Å². The molecule has 0 saturated heterocycles. The maximum absolute atomic E-state index is 12.2. The fourth-order valence-electron chi connectivity index (χ4n) is 2.11. The Morgan fingerprint density at radius 2 is 2.20 bits per heavy atom. The molecule has 1 amide bonds. The van der Waals surface area contributed by atoms with Crippen LogP contribution < -0.4 is 11.2 Å². The zero-order valence-corrected chi connectivity index (χ0v) is 14.9. The Kier molecular flexibility index (Phi) is 5.20. The van der Waals surface area contributed by atoms with Crippen molar-refractivity contribution in [2.75, 3.05) is 16.9 Å². The fourth-order valence-corrected chi connectivity index (χ4v) is 2.94. The van der Waals surface area contributed by atoms with Gasteiger partial charge in [0.05, 0.1) is 5.75 Å². The lowest BCUT2D eigenvalue weighted by Crippen LogP contribution is -2.17. The normalized spacial score (nSPS) is 10.6. The summed E-state index contributed by atoms with van der Waals surface area (Å²) in [7, 11) is 0. The summed E-state index contributed by atoms with van der Waals surface area (Å²) in [6.07, 6.45) is 3.31. The first-order valence-electron chi connectivity index (χ1n) is 7.34. The molecule has 25 heavy (non-hydrogen) atoms. The van der Waals surface area contributed by atoms with E-state index in [1.54, 1.807) is 30.6 Å². The Morgan fingerprint density at radius 1 is 1.36 bits per heavy atom. The molecule has 0 aliphatic carbocycles. The second-order valence-electron chi connectivity index (χ2n) is 5.21. The van der Waals surface area contributed by atoms with E-state index in [1.807, 2.05) is 19.1 Å². The summed E-state index contributed by atoms with van der Waals surface area (Å²) < 4.78 is 1.35. The summed E-state index contributed by atoms with van der Waals surface area (Å²) in [6, 6.07) is 8.96. The molecule has 0 bridgehead atoms. The number of amides is 1. The first-order valence-corrected chi connectivity index (χ1v) is 8.70. The SMILES string of the molecule is Cc1ccc(Cl)cc1NC(=O)CSc1nnc(-c2cccnc2)n1N. The number of nitrogens with two attached hydrogens (primary N) is 1. The predicted octanol–water partition coefficient (Wildman–Crippen LogP) is 2.75. The average Bonchev–Trinajstić information content (AvgIpc) is 2.98. The number of aryl methyl sites for hydroxylation is 1. The summed E-state index contributed by atoms with van der Waals surface area (Å²) in [5.41, 5.74) is 2.37. The lowest BCUT2D eigenvalue weighted by atomic mass is 10.2. The summed E-state index contributed by atoms with van der Waals surface area (Å²) >= 11 is 7.15. The lowest BCUT2D eigenvalue weighted by Gasteiger charge is -2.08. The van der Waals surface area contributed by atoms with Gasteiger partial charge >= 0.3 is 0 Å². The number of aromatic nitrogens is 4. The van der Waals surface area contributed by atoms with Gasteiger partial charge in [0.25, 0.3) is 0 Å². The molecule has 0 fully saturated rings. The van der Waals surface area contributed by atoms with Crippen LogP contribution in [-0.2, 0) is 4.79 Å². The summed E-state index contributed by atoms with van der Waals surface area (Å²) in [4.78, 5) is 16.2. The zero-order valence-electron chi connectivity index (χ0n) is 13.3. The molecule has 0 unspecified atom stereocenters. The van der Waals surface area contributed by atoms with Gasteiger partial charge in [-0.05, 0) is 36.8 Å². The molecule has 0 atom stereocenters. The van der Waals surface area contributed by atoms with E-state index in [1.165, 1.54) is 16.4 Å². The van der Waals surface area contributed by atoms with Crippen LogP contribution in [0.25, 0.3) is 11.4 Å². The van der Waals surface area contributed by atoms with E-state index >= 15 is 0 Å². The summed E-state index contributed by atoms with van der Waals surface area (Å²) in [5, 5.41) is 11.9. The molecule has 9 heteroatoms. The fraction of sp³-hybridized carbons (Fsp3) is 0.125. The highest BCUT2D eigenvalue weighted by molar-refractivity contribution is 7.99. The van der Waals surface area contributed by atoms with Crippen LogP contribution in [0.4, 0.5) is 5.69 Å². The first-order chi connectivity index (χ1) is 12.0. The number of nitrogens with zero attached hydrogens (tertiary/aromatic N) is 4. The highest BCUT2D eigenvalue weighted by atomic mass is 35.5. The third-order valence-corrected chi connectivity index (χ3v) is 4.57. The van der Waals surface area contributed by atoms with Crippen LogP contribution in [0.2, 0.25) is 5.02 Å². The van der Waals surface area contributed by atoms with E-state index in [-0.39, 0.29) is 11.7 Å². The van der Waals surface area contributed by atoms with E-state index in [0.29, 0.717) is 21.7 Å². The van der Waals surface area contributed by atoms with Crippen LogP contribution in [0.15, 0.2) is 47.9 Å². The van der Waals surface area contributed by atoms with Gasteiger partial charge in [-0.3, -0.25) is 9.78 Å². The molecule has 0 aliphatic heterocycles. The maximum atomic E-state index is 12.2. The number of nitrogens with one attached hydrogen (secondary N) is 1. The second-order valence-corrected chi connectivity index (χ2v) is 6.59. The summed E-state index contributed by atoms with van der Waals surface area (Å²) in [6.45, 7) is 1.90. The van der Waals surface area contributed by atoms with Gasteiger partial charge < -0.3 is 11.2 Å². The number of pyridine rings is 1. The molecule has 2 heterocycles. The first kappa shape index (κ1) is 17.2. The largest absolute Gasteiger partial charge is 0.335 e. The van der Waals surface area contributed by atoms with Crippen LogP contribution >= 0.6 is 23.4 Å². The summed E-state index contributed by atoms with van der Waals surface area (Å²) in [5.74, 6) is 6.47. The van der Waals surface area contributed by atoms with Crippen LogP contribution in [0.1, 0.15) is 5.56 Å². The number of rotatable bonds is 5.